The van der Waals surface area contributed by atoms with Gasteiger partial charge in [0.05, 0.1) is 19.3 Å². The smallest absolute Gasteiger partial charge is 0.249 e. The molecule has 108 valence electrons. The first kappa shape index (κ1) is 13.4. The lowest BCUT2D eigenvalue weighted by molar-refractivity contribution is -0.172. The van der Waals surface area contributed by atoms with Crippen molar-refractivity contribution in [1.82, 2.24) is 4.90 Å². The minimum absolute atomic E-state index is 0.100. The van der Waals surface area contributed by atoms with Crippen molar-refractivity contribution in [2.75, 3.05) is 26.4 Å². The Morgan fingerprint density at radius 1 is 1.20 bits per heavy atom. The van der Waals surface area contributed by atoms with E-state index in [2.05, 4.69) is 0 Å². The summed E-state index contributed by atoms with van der Waals surface area (Å²) >= 11 is 0. The Bertz CT molecular complexity index is 552. The van der Waals surface area contributed by atoms with Gasteiger partial charge in [0.1, 0.15) is 12.7 Å². The Hall–Kier alpha value is -1.60. The van der Waals surface area contributed by atoms with Crippen LogP contribution in [0.15, 0.2) is 12.1 Å². The summed E-state index contributed by atoms with van der Waals surface area (Å²) < 4.78 is 50.8. The van der Waals surface area contributed by atoms with Crippen molar-refractivity contribution in [3.05, 3.63) is 35.1 Å². The fourth-order valence-electron chi connectivity index (χ4n) is 2.60. The zero-order valence-electron chi connectivity index (χ0n) is 10.4. The number of rotatable bonds is 1. The first-order chi connectivity index (χ1) is 9.59. The van der Waals surface area contributed by atoms with Crippen LogP contribution in [-0.4, -0.2) is 43.2 Å². The van der Waals surface area contributed by atoms with Gasteiger partial charge in [-0.2, -0.15) is 0 Å². The standard InChI is InChI=1S/C13H12F3NO3/c14-8-2-1-7(11(15)12(8)16)13-9-5-19-4-3-17(9)10(18)6-20-13/h1-2,9,13H,3-6H2. The number of nitrogens with zero attached hydrogens (tertiary/aromatic N) is 1. The fraction of sp³-hybridized carbons (Fsp3) is 0.462. The van der Waals surface area contributed by atoms with E-state index < -0.39 is 29.6 Å². The van der Waals surface area contributed by atoms with Crippen LogP contribution in [0.5, 0.6) is 0 Å². The van der Waals surface area contributed by atoms with Crippen LogP contribution in [0.1, 0.15) is 11.7 Å². The zero-order valence-corrected chi connectivity index (χ0v) is 10.4. The number of hydrogen-bond donors (Lipinski definition) is 0. The molecule has 20 heavy (non-hydrogen) atoms. The lowest BCUT2D eigenvalue weighted by Gasteiger charge is -2.43. The molecule has 0 aliphatic carbocycles. The summed E-state index contributed by atoms with van der Waals surface area (Å²) in [7, 11) is 0. The summed E-state index contributed by atoms with van der Waals surface area (Å²) in [6.07, 6.45) is -0.858. The Morgan fingerprint density at radius 2 is 2.00 bits per heavy atom. The predicted octanol–water partition coefficient (Wildman–Crippen LogP) is 1.40. The first-order valence-corrected chi connectivity index (χ1v) is 6.22. The van der Waals surface area contributed by atoms with Gasteiger partial charge in [-0.25, -0.2) is 13.2 Å². The number of halogens is 3. The van der Waals surface area contributed by atoms with Gasteiger partial charge in [-0.05, 0) is 6.07 Å². The molecule has 0 N–H and O–H groups in total. The Morgan fingerprint density at radius 3 is 2.80 bits per heavy atom. The third-order valence-electron chi connectivity index (χ3n) is 3.59. The zero-order chi connectivity index (χ0) is 14.3. The third kappa shape index (κ3) is 2.06. The molecule has 0 bridgehead atoms. The molecular formula is C13H12F3NO3. The maximum absolute atomic E-state index is 13.9. The van der Waals surface area contributed by atoms with Crippen molar-refractivity contribution in [1.29, 1.82) is 0 Å². The lowest BCUT2D eigenvalue weighted by Crippen LogP contribution is -2.56. The molecule has 2 atom stereocenters. The van der Waals surface area contributed by atoms with E-state index in [1.807, 2.05) is 0 Å². The predicted molar refractivity (Wildman–Crippen MR) is 61.3 cm³/mol. The molecule has 0 spiro atoms. The highest BCUT2D eigenvalue weighted by Gasteiger charge is 2.41. The van der Waals surface area contributed by atoms with Crippen LogP contribution in [0.2, 0.25) is 0 Å². The molecule has 2 fully saturated rings. The molecule has 2 aliphatic rings. The number of ether oxygens (including phenoxy) is 2. The molecule has 1 aromatic carbocycles. The number of hydrogen-bond acceptors (Lipinski definition) is 3. The molecule has 2 heterocycles. The van der Waals surface area contributed by atoms with Gasteiger partial charge in [0.2, 0.25) is 5.91 Å². The topological polar surface area (TPSA) is 38.8 Å². The summed E-state index contributed by atoms with van der Waals surface area (Å²) in [5.74, 6) is -4.28. The number of benzene rings is 1. The average molecular weight is 287 g/mol. The Labute approximate surface area is 113 Å². The summed E-state index contributed by atoms with van der Waals surface area (Å²) in [6.45, 7) is 0.748. The second kappa shape index (κ2) is 5.06. The maximum Gasteiger partial charge on any atom is 0.249 e. The van der Waals surface area contributed by atoms with Crippen molar-refractivity contribution in [2.24, 2.45) is 0 Å². The highest BCUT2D eigenvalue weighted by Crippen LogP contribution is 2.33. The third-order valence-corrected chi connectivity index (χ3v) is 3.59. The number of amides is 1. The highest BCUT2D eigenvalue weighted by molar-refractivity contribution is 5.78. The molecule has 3 rings (SSSR count). The van der Waals surface area contributed by atoms with Gasteiger partial charge < -0.3 is 14.4 Å². The monoisotopic (exact) mass is 287 g/mol. The second-order valence-corrected chi connectivity index (χ2v) is 4.73. The van der Waals surface area contributed by atoms with Crippen LogP contribution in [-0.2, 0) is 14.3 Å². The number of carbonyl (C=O) groups is 1. The van der Waals surface area contributed by atoms with Crippen molar-refractivity contribution in [3.8, 4) is 0 Å². The molecule has 2 saturated heterocycles. The second-order valence-electron chi connectivity index (χ2n) is 4.73. The van der Waals surface area contributed by atoms with Gasteiger partial charge in [-0.1, -0.05) is 6.07 Å². The van der Waals surface area contributed by atoms with Gasteiger partial charge in [0, 0.05) is 12.1 Å². The molecule has 0 radical (unpaired) electrons. The van der Waals surface area contributed by atoms with Crippen LogP contribution < -0.4 is 0 Å². The van der Waals surface area contributed by atoms with E-state index in [1.165, 1.54) is 0 Å². The van der Waals surface area contributed by atoms with Crippen LogP contribution >= 0.6 is 0 Å². The fourth-order valence-corrected chi connectivity index (χ4v) is 2.60. The van der Waals surface area contributed by atoms with Crippen molar-refractivity contribution in [2.45, 2.75) is 12.1 Å². The van der Waals surface area contributed by atoms with E-state index in [1.54, 1.807) is 4.90 Å². The molecular weight excluding hydrogens is 275 g/mol. The van der Waals surface area contributed by atoms with Gasteiger partial charge in [0.15, 0.2) is 17.5 Å². The molecule has 0 saturated carbocycles. The summed E-state index contributed by atoms with van der Waals surface area (Å²) in [4.78, 5) is 13.3. The minimum atomic E-state index is -1.54. The number of fused-ring (bicyclic) bond motifs is 1. The Kier molecular flexibility index (Phi) is 3.39. The average Bonchev–Trinajstić information content (AvgIpc) is 2.47. The SMILES string of the molecule is O=C1COC(c2ccc(F)c(F)c2F)C2COCCN12. The van der Waals surface area contributed by atoms with Crippen molar-refractivity contribution in [3.63, 3.8) is 0 Å². The number of carbonyl (C=O) groups excluding carboxylic acids is 1. The van der Waals surface area contributed by atoms with E-state index in [-0.39, 0.29) is 24.7 Å². The molecule has 2 aliphatic heterocycles. The van der Waals surface area contributed by atoms with Crippen LogP contribution in [0.4, 0.5) is 13.2 Å². The van der Waals surface area contributed by atoms with Gasteiger partial charge in [-0.15, -0.1) is 0 Å². The molecule has 2 unspecified atom stereocenters. The summed E-state index contributed by atoms with van der Waals surface area (Å²) in [5.41, 5.74) is -0.100. The minimum Gasteiger partial charge on any atom is -0.377 e. The summed E-state index contributed by atoms with van der Waals surface area (Å²) in [6, 6.07) is 1.46. The molecule has 0 aromatic heterocycles. The van der Waals surface area contributed by atoms with E-state index in [9.17, 15) is 18.0 Å². The molecule has 1 amide bonds. The van der Waals surface area contributed by atoms with Crippen molar-refractivity contribution < 1.29 is 27.4 Å². The lowest BCUT2D eigenvalue weighted by atomic mass is 9.98. The highest BCUT2D eigenvalue weighted by atomic mass is 19.2. The molecule has 4 nitrogen and oxygen atoms in total. The molecule has 1 aromatic rings. The molecule has 7 heteroatoms. The van der Waals surface area contributed by atoms with E-state index in [4.69, 9.17) is 9.47 Å². The number of morpholine rings is 2. The van der Waals surface area contributed by atoms with E-state index in [0.29, 0.717) is 13.2 Å². The van der Waals surface area contributed by atoms with Crippen LogP contribution in [0, 0.1) is 17.5 Å². The van der Waals surface area contributed by atoms with Gasteiger partial charge >= 0.3 is 0 Å². The van der Waals surface area contributed by atoms with Crippen LogP contribution in [0.3, 0.4) is 0 Å². The maximum atomic E-state index is 13.9. The van der Waals surface area contributed by atoms with Crippen LogP contribution in [0.25, 0.3) is 0 Å². The largest absolute Gasteiger partial charge is 0.377 e. The Balaban J connectivity index is 1.97. The summed E-state index contributed by atoms with van der Waals surface area (Å²) in [5, 5.41) is 0. The van der Waals surface area contributed by atoms with E-state index in [0.717, 1.165) is 12.1 Å². The van der Waals surface area contributed by atoms with Gasteiger partial charge in [-0.3, -0.25) is 4.79 Å². The van der Waals surface area contributed by atoms with Gasteiger partial charge in [0.25, 0.3) is 0 Å². The van der Waals surface area contributed by atoms with Crippen molar-refractivity contribution >= 4 is 5.91 Å². The normalized spacial score (nSPS) is 26.6. The first-order valence-electron chi connectivity index (χ1n) is 6.22. The quantitative estimate of drug-likeness (QED) is 0.733. The van der Waals surface area contributed by atoms with E-state index >= 15 is 0 Å².